The summed E-state index contributed by atoms with van der Waals surface area (Å²) < 4.78 is 0. The summed E-state index contributed by atoms with van der Waals surface area (Å²) in [5.41, 5.74) is 2.82. The number of allylic oxidation sites excluding steroid dienone is 1. The highest BCUT2D eigenvalue weighted by Gasteiger charge is 2.28. The fourth-order valence-electron chi connectivity index (χ4n) is 2.79. The lowest BCUT2D eigenvalue weighted by Crippen LogP contribution is -2.38. The average Bonchev–Trinajstić information content (AvgIpc) is 2.31. The Morgan fingerprint density at radius 2 is 2.33 bits per heavy atom. The molecular weight excluding hydrogens is 184 g/mol. The fraction of sp³-hybridized carbons (Fsp3) is 0.462. The Balaban J connectivity index is 1.93. The van der Waals surface area contributed by atoms with E-state index in [2.05, 4.69) is 22.4 Å². The van der Waals surface area contributed by atoms with Crippen molar-refractivity contribution in [3.05, 3.63) is 36.2 Å². The second kappa shape index (κ2) is 3.78. The first-order chi connectivity index (χ1) is 7.43. The van der Waals surface area contributed by atoms with Crippen molar-refractivity contribution in [2.75, 3.05) is 13.1 Å². The maximum atomic E-state index is 4.20. The van der Waals surface area contributed by atoms with Gasteiger partial charge in [0.2, 0.25) is 0 Å². The third kappa shape index (κ3) is 1.70. The second-order valence-electron chi connectivity index (χ2n) is 4.59. The van der Waals surface area contributed by atoms with Crippen LogP contribution in [-0.2, 0) is 0 Å². The van der Waals surface area contributed by atoms with E-state index in [-0.39, 0.29) is 0 Å². The number of pyridine rings is 1. The van der Waals surface area contributed by atoms with Gasteiger partial charge in [-0.15, -0.1) is 0 Å². The standard InChI is InChI=1S/C13H16N2/c1-2-11(8-14-5-1)13-4-3-10-6-12(13)9-15-7-10/h1-2,4-5,8,10,12,15H,3,6-7,9H2. The van der Waals surface area contributed by atoms with Crippen LogP contribution in [0.4, 0.5) is 0 Å². The molecule has 1 aromatic rings. The van der Waals surface area contributed by atoms with E-state index in [1.165, 1.54) is 30.5 Å². The molecular formula is C13H16N2. The Kier molecular flexibility index (Phi) is 2.29. The van der Waals surface area contributed by atoms with Gasteiger partial charge in [0.1, 0.15) is 0 Å². The van der Waals surface area contributed by atoms with Crippen molar-refractivity contribution in [1.29, 1.82) is 0 Å². The number of nitrogens with one attached hydrogen (secondary N) is 1. The number of rotatable bonds is 1. The minimum atomic E-state index is 0.710. The van der Waals surface area contributed by atoms with Crippen LogP contribution in [-0.4, -0.2) is 18.1 Å². The van der Waals surface area contributed by atoms with Gasteiger partial charge in [-0.3, -0.25) is 4.98 Å². The SMILES string of the molecule is C1=C(c2cccnc2)C2CNCC(C1)C2. The van der Waals surface area contributed by atoms with Gasteiger partial charge in [0.25, 0.3) is 0 Å². The fourth-order valence-corrected chi connectivity index (χ4v) is 2.79. The third-order valence-electron chi connectivity index (χ3n) is 3.55. The van der Waals surface area contributed by atoms with Crippen molar-refractivity contribution >= 4 is 5.57 Å². The van der Waals surface area contributed by atoms with Crippen LogP contribution in [0.3, 0.4) is 0 Å². The molecule has 1 aliphatic heterocycles. The van der Waals surface area contributed by atoms with E-state index in [0.717, 1.165) is 12.5 Å². The molecule has 3 rings (SSSR count). The van der Waals surface area contributed by atoms with Gasteiger partial charge in [-0.2, -0.15) is 0 Å². The largest absolute Gasteiger partial charge is 0.316 e. The van der Waals surface area contributed by atoms with Crippen molar-refractivity contribution < 1.29 is 0 Å². The molecule has 2 heteroatoms. The minimum Gasteiger partial charge on any atom is -0.316 e. The number of nitrogens with zero attached hydrogens (tertiary/aromatic N) is 1. The molecule has 0 amide bonds. The number of aromatic nitrogens is 1. The molecule has 2 unspecified atom stereocenters. The molecule has 0 radical (unpaired) electrons. The molecule has 78 valence electrons. The number of piperidine rings is 1. The zero-order chi connectivity index (χ0) is 10.1. The lowest BCUT2D eigenvalue weighted by atomic mass is 9.76. The zero-order valence-corrected chi connectivity index (χ0v) is 8.82. The molecule has 15 heavy (non-hydrogen) atoms. The van der Waals surface area contributed by atoms with Gasteiger partial charge in [-0.25, -0.2) is 0 Å². The van der Waals surface area contributed by atoms with E-state index in [9.17, 15) is 0 Å². The van der Waals surface area contributed by atoms with Gasteiger partial charge in [0.05, 0.1) is 0 Å². The molecule has 2 heterocycles. The lowest BCUT2D eigenvalue weighted by molar-refractivity contribution is 0.320. The first kappa shape index (κ1) is 9.10. The van der Waals surface area contributed by atoms with Crippen LogP contribution in [0.15, 0.2) is 30.6 Å². The van der Waals surface area contributed by atoms with Gasteiger partial charge >= 0.3 is 0 Å². The summed E-state index contributed by atoms with van der Waals surface area (Å²) >= 11 is 0. The molecule has 0 aromatic carbocycles. The highest BCUT2D eigenvalue weighted by Crippen LogP contribution is 2.36. The molecule has 0 spiro atoms. The van der Waals surface area contributed by atoms with Crippen molar-refractivity contribution in [1.82, 2.24) is 10.3 Å². The molecule has 2 aliphatic rings. The predicted octanol–water partition coefficient (Wildman–Crippen LogP) is 2.09. The van der Waals surface area contributed by atoms with Gasteiger partial charge in [-0.05, 0) is 48.4 Å². The quantitative estimate of drug-likeness (QED) is 0.751. The summed E-state index contributed by atoms with van der Waals surface area (Å²) in [5, 5.41) is 3.53. The lowest BCUT2D eigenvalue weighted by Gasteiger charge is -2.35. The Bertz CT molecular complexity index is 369. The Hall–Kier alpha value is -1.15. The van der Waals surface area contributed by atoms with Crippen LogP contribution in [0.2, 0.25) is 0 Å². The van der Waals surface area contributed by atoms with Gasteiger partial charge in [-0.1, -0.05) is 12.1 Å². The van der Waals surface area contributed by atoms with Crippen LogP contribution < -0.4 is 5.32 Å². The summed E-state index contributed by atoms with van der Waals surface area (Å²) in [6.07, 6.45) is 8.84. The van der Waals surface area contributed by atoms with Gasteiger partial charge in [0.15, 0.2) is 0 Å². The van der Waals surface area contributed by atoms with Crippen molar-refractivity contribution in [3.63, 3.8) is 0 Å². The molecule has 1 saturated heterocycles. The molecule has 2 bridgehead atoms. The Morgan fingerprint density at radius 1 is 1.33 bits per heavy atom. The smallest absolute Gasteiger partial charge is 0.0343 e. The van der Waals surface area contributed by atoms with Crippen LogP contribution in [0.25, 0.3) is 5.57 Å². The molecule has 1 aliphatic carbocycles. The second-order valence-corrected chi connectivity index (χ2v) is 4.59. The normalized spacial score (nSPS) is 29.7. The van der Waals surface area contributed by atoms with E-state index < -0.39 is 0 Å². The molecule has 2 atom stereocenters. The Labute approximate surface area is 90.4 Å². The molecule has 0 saturated carbocycles. The molecule has 1 N–H and O–H groups in total. The highest BCUT2D eigenvalue weighted by molar-refractivity contribution is 5.67. The van der Waals surface area contributed by atoms with E-state index in [0.29, 0.717) is 5.92 Å². The van der Waals surface area contributed by atoms with Crippen LogP contribution >= 0.6 is 0 Å². The van der Waals surface area contributed by atoms with Gasteiger partial charge < -0.3 is 5.32 Å². The monoisotopic (exact) mass is 200 g/mol. The maximum absolute atomic E-state index is 4.20. The minimum absolute atomic E-state index is 0.710. The summed E-state index contributed by atoms with van der Waals surface area (Å²) in [6, 6.07) is 4.20. The van der Waals surface area contributed by atoms with E-state index in [4.69, 9.17) is 0 Å². The summed E-state index contributed by atoms with van der Waals surface area (Å²) in [4.78, 5) is 4.20. The molecule has 2 nitrogen and oxygen atoms in total. The Morgan fingerprint density at radius 3 is 3.20 bits per heavy atom. The molecule has 1 aromatic heterocycles. The van der Waals surface area contributed by atoms with Crippen molar-refractivity contribution in [2.24, 2.45) is 11.8 Å². The summed E-state index contributed by atoms with van der Waals surface area (Å²) in [7, 11) is 0. The number of hydrogen-bond donors (Lipinski definition) is 1. The number of hydrogen-bond acceptors (Lipinski definition) is 2. The van der Waals surface area contributed by atoms with Crippen molar-refractivity contribution in [2.45, 2.75) is 12.8 Å². The third-order valence-corrected chi connectivity index (χ3v) is 3.55. The van der Waals surface area contributed by atoms with E-state index in [1.54, 1.807) is 0 Å². The van der Waals surface area contributed by atoms with Crippen LogP contribution in [0.5, 0.6) is 0 Å². The van der Waals surface area contributed by atoms with Crippen LogP contribution in [0.1, 0.15) is 18.4 Å². The molecule has 1 fully saturated rings. The van der Waals surface area contributed by atoms with Crippen molar-refractivity contribution in [3.8, 4) is 0 Å². The van der Waals surface area contributed by atoms with E-state index in [1.807, 2.05) is 18.5 Å². The average molecular weight is 200 g/mol. The zero-order valence-electron chi connectivity index (χ0n) is 8.82. The van der Waals surface area contributed by atoms with E-state index >= 15 is 0 Å². The first-order valence-electron chi connectivity index (χ1n) is 5.74. The van der Waals surface area contributed by atoms with Crippen LogP contribution in [0, 0.1) is 11.8 Å². The summed E-state index contributed by atoms with van der Waals surface area (Å²) in [6.45, 7) is 2.34. The highest BCUT2D eigenvalue weighted by atomic mass is 14.9. The van der Waals surface area contributed by atoms with Gasteiger partial charge in [0, 0.05) is 18.9 Å². The first-order valence-corrected chi connectivity index (χ1v) is 5.74. The predicted molar refractivity (Wildman–Crippen MR) is 61.3 cm³/mol. The maximum Gasteiger partial charge on any atom is 0.0343 e. The summed E-state index contributed by atoms with van der Waals surface area (Å²) in [5.74, 6) is 1.57. The topological polar surface area (TPSA) is 24.9 Å². The number of fused-ring (bicyclic) bond motifs is 2.